The summed E-state index contributed by atoms with van der Waals surface area (Å²) in [5.74, 6) is 0.174. The van der Waals surface area contributed by atoms with Gasteiger partial charge in [0.2, 0.25) is 5.91 Å². The lowest BCUT2D eigenvalue weighted by molar-refractivity contribution is -0.134. The summed E-state index contributed by atoms with van der Waals surface area (Å²) in [7, 11) is 0. The van der Waals surface area contributed by atoms with Gasteiger partial charge in [-0.15, -0.1) is 0 Å². The van der Waals surface area contributed by atoms with Gasteiger partial charge in [0.25, 0.3) is 0 Å². The minimum absolute atomic E-state index is 0.0367. The first kappa shape index (κ1) is 15.4. The molecule has 4 heteroatoms. The molecule has 1 aliphatic heterocycles. The number of hydrogen-bond acceptors (Lipinski definition) is 3. The van der Waals surface area contributed by atoms with Crippen LogP contribution in [-0.4, -0.2) is 47.2 Å². The van der Waals surface area contributed by atoms with Crippen LogP contribution in [0.4, 0.5) is 0 Å². The fraction of sp³-hybridized carbons (Fsp3) is 0.929. The van der Waals surface area contributed by atoms with E-state index >= 15 is 0 Å². The average Bonchev–Trinajstić information content (AvgIpc) is 2.51. The molecule has 0 aliphatic carbocycles. The largest absolute Gasteiger partial charge is 0.394 e. The van der Waals surface area contributed by atoms with Gasteiger partial charge in [0.15, 0.2) is 0 Å². The number of aliphatic hydroxyl groups excluding tert-OH is 1. The van der Waals surface area contributed by atoms with Crippen LogP contribution < -0.4 is 5.32 Å². The Hall–Kier alpha value is -0.610. The number of rotatable bonds is 4. The number of hydrogen-bond donors (Lipinski definition) is 2. The molecule has 0 aromatic heterocycles. The molecule has 1 aliphatic rings. The van der Waals surface area contributed by atoms with Crippen molar-refractivity contribution in [3.05, 3.63) is 0 Å². The van der Waals surface area contributed by atoms with Crippen molar-refractivity contribution in [3.63, 3.8) is 0 Å². The van der Waals surface area contributed by atoms with Crippen molar-refractivity contribution in [2.24, 2.45) is 0 Å². The second kappa shape index (κ2) is 7.10. The van der Waals surface area contributed by atoms with Crippen molar-refractivity contribution in [2.75, 3.05) is 19.7 Å². The highest BCUT2D eigenvalue weighted by atomic mass is 16.3. The second-order valence-corrected chi connectivity index (χ2v) is 6.20. The van der Waals surface area contributed by atoms with Gasteiger partial charge in [-0.2, -0.15) is 0 Å². The Morgan fingerprint density at radius 3 is 2.67 bits per heavy atom. The van der Waals surface area contributed by atoms with Crippen LogP contribution >= 0.6 is 0 Å². The molecule has 2 N–H and O–H groups in total. The van der Waals surface area contributed by atoms with Gasteiger partial charge in [-0.1, -0.05) is 12.8 Å². The monoisotopic (exact) mass is 256 g/mol. The first-order valence-electron chi connectivity index (χ1n) is 7.09. The highest BCUT2D eigenvalue weighted by Gasteiger charge is 2.24. The Kier molecular flexibility index (Phi) is 6.09. The smallest absolute Gasteiger partial charge is 0.224 e. The third-order valence-electron chi connectivity index (χ3n) is 3.40. The molecule has 0 bridgehead atoms. The van der Waals surface area contributed by atoms with Gasteiger partial charge in [0, 0.05) is 25.0 Å². The van der Waals surface area contributed by atoms with Crippen molar-refractivity contribution in [3.8, 4) is 0 Å². The zero-order chi connectivity index (χ0) is 13.6. The summed E-state index contributed by atoms with van der Waals surface area (Å²) >= 11 is 0. The molecule has 1 saturated heterocycles. The first-order chi connectivity index (χ1) is 8.44. The standard InChI is InChI=1S/C14H28N2O2/c1-14(2,3)15-9-8-13(18)16-10-6-4-5-7-12(16)11-17/h12,15,17H,4-11H2,1-3H3. The van der Waals surface area contributed by atoms with E-state index in [1.54, 1.807) is 0 Å². The maximum Gasteiger partial charge on any atom is 0.224 e. The highest BCUT2D eigenvalue weighted by molar-refractivity contribution is 5.76. The summed E-state index contributed by atoms with van der Waals surface area (Å²) in [6.07, 6.45) is 4.81. The van der Waals surface area contributed by atoms with Crippen LogP contribution in [0.5, 0.6) is 0 Å². The van der Waals surface area contributed by atoms with Crippen molar-refractivity contribution in [1.29, 1.82) is 0 Å². The van der Waals surface area contributed by atoms with Gasteiger partial charge in [-0.3, -0.25) is 4.79 Å². The molecule has 18 heavy (non-hydrogen) atoms. The lowest BCUT2D eigenvalue weighted by atomic mass is 10.1. The quantitative estimate of drug-likeness (QED) is 0.802. The third-order valence-corrected chi connectivity index (χ3v) is 3.40. The molecule has 106 valence electrons. The molecule has 0 aromatic carbocycles. The van der Waals surface area contributed by atoms with Gasteiger partial charge in [-0.25, -0.2) is 0 Å². The number of nitrogens with zero attached hydrogens (tertiary/aromatic N) is 1. The summed E-state index contributed by atoms with van der Waals surface area (Å²) in [5.41, 5.74) is 0.0510. The number of amides is 1. The van der Waals surface area contributed by atoms with Crippen molar-refractivity contribution < 1.29 is 9.90 Å². The van der Waals surface area contributed by atoms with Gasteiger partial charge in [0.1, 0.15) is 0 Å². The van der Waals surface area contributed by atoms with Crippen molar-refractivity contribution >= 4 is 5.91 Å². The van der Waals surface area contributed by atoms with E-state index in [9.17, 15) is 9.90 Å². The van der Waals surface area contributed by atoms with Gasteiger partial charge < -0.3 is 15.3 Å². The SMILES string of the molecule is CC(C)(C)NCCC(=O)N1CCCCCC1CO. The lowest BCUT2D eigenvalue weighted by Gasteiger charge is -2.29. The van der Waals surface area contributed by atoms with E-state index in [1.807, 2.05) is 4.90 Å². The summed E-state index contributed by atoms with van der Waals surface area (Å²) in [6, 6.07) is 0.0367. The van der Waals surface area contributed by atoms with Crippen molar-refractivity contribution in [1.82, 2.24) is 10.2 Å². The van der Waals surface area contributed by atoms with Crippen LogP contribution in [0.2, 0.25) is 0 Å². The van der Waals surface area contributed by atoms with E-state index in [0.717, 1.165) is 25.8 Å². The van der Waals surface area contributed by atoms with E-state index < -0.39 is 0 Å². The van der Waals surface area contributed by atoms with E-state index in [2.05, 4.69) is 26.1 Å². The molecule has 1 unspecified atom stereocenters. The minimum atomic E-state index is 0.0367. The van der Waals surface area contributed by atoms with Crippen molar-refractivity contribution in [2.45, 2.75) is 64.5 Å². The van der Waals surface area contributed by atoms with Gasteiger partial charge >= 0.3 is 0 Å². The Bertz CT molecular complexity index is 261. The lowest BCUT2D eigenvalue weighted by Crippen LogP contribution is -2.44. The zero-order valence-corrected chi connectivity index (χ0v) is 12.0. The first-order valence-corrected chi connectivity index (χ1v) is 7.09. The molecule has 1 atom stereocenters. The second-order valence-electron chi connectivity index (χ2n) is 6.20. The fourth-order valence-electron chi connectivity index (χ4n) is 2.38. The Labute approximate surface area is 111 Å². The minimum Gasteiger partial charge on any atom is -0.394 e. The maximum absolute atomic E-state index is 12.2. The topological polar surface area (TPSA) is 52.6 Å². The number of aliphatic hydroxyl groups is 1. The number of likely N-dealkylation sites (tertiary alicyclic amines) is 1. The van der Waals surface area contributed by atoms with Crippen LogP contribution in [0.1, 0.15) is 52.9 Å². The molecule has 0 aromatic rings. The van der Waals surface area contributed by atoms with E-state index in [1.165, 1.54) is 6.42 Å². The molecular weight excluding hydrogens is 228 g/mol. The predicted molar refractivity (Wildman–Crippen MR) is 73.4 cm³/mol. The molecular formula is C14H28N2O2. The summed E-state index contributed by atoms with van der Waals surface area (Å²) in [5, 5.41) is 12.7. The van der Waals surface area contributed by atoms with E-state index in [4.69, 9.17) is 0 Å². The van der Waals surface area contributed by atoms with Crippen LogP contribution in [0.15, 0.2) is 0 Å². The maximum atomic E-state index is 12.2. The summed E-state index contributed by atoms with van der Waals surface area (Å²) in [4.78, 5) is 14.1. The van der Waals surface area contributed by atoms with Crippen LogP contribution in [0.3, 0.4) is 0 Å². The van der Waals surface area contributed by atoms with Gasteiger partial charge in [-0.05, 0) is 33.6 Å². The molecule has 1 fully saturated rings. The molecule has 0 saturated carbocycles. The molecule has 1 rings (SSSR count). The summed E-state index contributed by atoms with van der Waals surface area (Å²) < 4.78 is 0. The van der Waals surface area contributed by atoms with Crippen LogP contribution in [0, 0.1) is 0 Å². The van der Waals surface area contributed by atoms with Crippen LogP contribution in [0.25, 0.3) is 0 Å². The predicted octanol–water partition coefficient (Wildman–Crippen LogP) is 1.53. The van der Waals surface area contributed by atoms with Gasteiger partial charge in [0.05, 0.1) is 12.6 Å². The number of carbonyl (C=O) groups is 1. The van der Waals surface area contributed by atoms with E-state index in [0.29, 0.717) is 13.0 Å². The van der Waals surface area contributed by atoms with Crippen LogP contribution in [-0.2, 0) is 4.79 Å². The third kappa shape index (κ3) is 5.36. The molecule has 0 spiro atoms. The Balaban J connectivity index is 2.42. The van der Waals surface area contributed by atoms with E-state index in [-0.39, 0.29) is 24.1 Å². The summed E-state index contributed by atoms with van der Waals surface area (Å²) in [6.45, 7) is 7.90. The molecule has 1 amide bonds. The Morgan fingerprint density at radius 1 is 1.33 bits per heavy atom. The zero-order valence-electron chi connectivity index (χ0n) is 12.0. The fourth-order valence-corrected chi connectivity index (χ4v) is 2.38. The number of carbonyl (C=O) groups excluding carboxylic acids is 1. The molecule has 1 heterocycles. The number of nitrogens with one attached hydrogen (secondary N) is 1. The normalized spacial score (nSPS) is 21.8. The molecule has 0 radical (unpaired) electrons. The Morgan fingerprint density at radius 2 is 2.06 bits per heavy atom. The highest BCUT2D eigenvalue weighted by Crippen LogP contribution is 2.17. The molecule has 4 nitrogen and oxygen atoms in total. The average molecular weight is 256 g/mol.